The highest BCUT2D eigenvalue weighted by Gasteiger charge is 1.84. The number of hydrogen-bond acceptors (Lipinski definition) is 1. The summed E-state index contributed by atoms with van der Waals surface area (Å²) in [4.78, 5) is 0. The summed E-state index contributed by atoms with van der Waals surface area (Å²) < 4.78 is 0. The van der Waals surface area contributed by atoms with E-state index in [0.717, 1.165) is 6.54 Å². The molecule has 0 heterocycles. The van der Waals surface area contributed by atoms with Crippen molar-refractivity contribution < 1.29 is 0 Å². The van der Waals surface area contributed by atoms with E-state index >= 15 is 0 Å². The lowest BCUT2D eigenvalue weighted by Crippen LogP contribution is -2.22. The molecule has 0 aromatic rings. The van der Waals surface area contributed by atoms with Crippen LogP contribution in [0.25, 0.3) is 0 Å². The number of allylic oxidation sites excluding steroid dienone is 2. The molecule has 0 aromatic heterocycles. The van der Waals surface area contributed by atoms with Crippen LogP contribution in [-0.4, -0.2) is 12.6 Å². The van der Waals surface area contributed by atoms with Gasteiger partial charge in [-0.15, -0.1) is 0 Å². The van der Waals surface area contributed by atoms with Gasteiger partial charge in [0, 0.05) is 12.6 Å². The third-order valence-corrected chi connectivity index (χ3v) is 0.916. The van der Waals surface area contributed by atoms with Crippen LogP contribution < -0.4 is 5.32 Å². The minimum absolute atomic E-state index is 0.569. The Morgan fingerprint density at radius 2 is 2.22 bits per heavy atom. The van der Waals surface area contributed by atoms with Gasteiger partial charge >= 0.3 is 0 Å². The summed E-state index contributed by atoms with van der Waals surface area (Å²) in [6.45, 7) is 8.75. The van der Waals surface area contributed by atoms with Crippen molar-refractivity contribution in [2.24, 2.45) is 0 Å². The zero-order chi connectivity index (χ0) is 7.11. The van der Waals surface area contributed by atoms with Crippen LogP contribution in [0.15, 0.2) is 24.8 Å². The van der Waals surface area contributed by atoms with E-state index < -0.39 is 0 Å². The van der Waals surface area contributed by atoms with Gasteiger partial charge in [0.05, 0.1) is 0 Å². The average Bonchev–Trinajstić information content (AvgIpc) is 1.80. The molecule has 0 amide bonds. The summed E-state index contributed by atoms with van der Waals surface area (Å²) in [5.41, 5.74) is 0. The Balaban J connectivity index is 3.08. The summed E-state index contributed by atoms with van der Waals surface area (Å²) in [5, 5.41) is 3.25. The van der Waals surface area contributed by atoms with Crippen molar-refractivity contribution in [1.82, 2.24) is 5.32 Å². The second kappa shape index (κ2) is 5.57. The predicted molar refractivity (Wildman–Crippen MR) is 42.5 cm³/mol. The molecule has 0 bridgehead atoms. The molecule has 52 valence electrons. The van der Waals surface area contributed by atoms with Gasteiger partial charge in [-0.1, -0.05) is 38.7 Å². The summed E-state index contributed by atoms with van der Waals surface area (Å²) in [7, 11) is 0. The fourth-order valence-electron chi connectivity index (χ4n) is 0.468. The molecule has 0 aromatic carbocycles. The molecule has 0 rings (SSSR count). The molecule has 0 saturated heterocycles. The van der Waals surface area contributed by atoms with Crippen LogP contribution in [0.2, 0.25) is 0 Å². The lowest BCUT2D eigenvalue weighted by molar-refractivity contribution is 0.632. The fourth-order valence-corrected chi connectivity index (χ4v) is 0.468. The number of hydrogen-bond donors (Lipinski definition) is 1. The zero-order valence-corrected chi connectivity index (χ0v) is 6.22. The molecule has 9 heavy (non-hydrogen) atoms. The Hall–Kier alpha value is -0.560. The topological polar surface area (TPSA) is 12.0 Å². The van der Waals surface area contributed by atoms with Crippen LogP contribution in [0.4, 0.5) is 0 Å². The van der Waals surface area contributed by atoms with Gasteiger partial charge in [0.15, 0.2) is 0 Å². The van der Waals surface area contributed by atoms with Crippen molar-refractivity contribution in [3.8, 4) is 0 Å². The summed E-state index contributed by atoms with van der Waals surface area (Å²) in [5.74, 6) is 0. The maximum Gasteiger partial charge on any atom is 0.0140 e. The first kappa shape index (κ1) is 8.44. The minimum Gasteiger partial charge on any atom is -0.311 e. The van der Waals surface area contributed by atoms with Crippen molar-refractivity contribution in [1.29, 1.82) is 0 Å². The molecule has 0 spiro atoms. The minimum atomic E-state index is 0.569. The van der Waals surface area contributed by atoms with Crippen molar-refractivity contribution in [2.75, 3.05) is 6.54 Å². The molecule has 0 atom stereocenters. The highest BCUT2D eigenvalue weighted by Crippen LogP contribution is 1.76. The second-order valence-electron chi connectivity index (χ2n) is 2.23. The Kier molecular flexibility index (Phi) is 5.23. The second-order valence-corrected chi connectivity index (χ2v) is 2.23. The third kappa shape index (κ3) is 7.44. The van der Waals surface area contributed by atoms with Crippen molar-refractivity contribution in [3.63, 3.8) is 0 Å². The quantitative estimate of drug-likeness (QED) is 0.564. The van der Waals surface area contributed by atoms with Gasteiger partial charge in [0.2, 0.25) is 0 Å². The zero-order valence-electron chi connectivity index (χ0n) is 6.22. The van der Waals surface area contributed by atoms with E-state index in [-0.39, 0.29) is 0 Å². The van der Waals surface area contributed by atoms with Gasteiger partial charge in [0.1, 0.15) is 0 Å². The van der Waals surface area contributed by atoms with Gasteiger partial charge in [-0.2, -0.15) is 0 Å². The number of nitrogens with one attached hydrogen (secondary N) is 1. The first-order valence-electron chi connectivity index (χ1n) is 3.28. The summed E-state index contributed by atoms with van der Waals surface area (Å²) >= 11 is 0. The van der Waals surface area contributed by atoms with E-state index in [9.17, 15) is 0 Å². The smallest absolute Gasteiger partial charge is 0.0140 e. The predicted octanol–water partition coefficient (Wildman–Crippen LogP) is 1.73. The van der Waals surface area contributed by atoms with E-state index in [1.807, 2.05) is 12.2 Å². The Morgan fingerprint density at radius 3 is 2.67 bits per heavy atom. The summed E-state index contributed by atoms with van der Waals surface area (Å²) in [6, 6.07) is 0.569. The van der Waals surface area contributed by atoms with Gasteiger partial charge in [0.25, 0.3) is 0 Å². The number of rotatable bonds is 4. The molecule has 0 unspecified atom stereocenters. The van der Waals surface area contributed by atoms with Crippen molar-refractivity contribution in [3.05, 3.63) is 24.8 Å². The maximum absolute atomic E-state index is 3.56. The van der Waals surface area contributed by atoms with E-state index in [0.29, 0.717) is 6.04 Å². The molecule has 1 N–H and O–H groups in total. The Labute approximate surface area is 57.5 Å². The first-order valence-corrected chi connectivity index (χ1v) is 3.28. The molecule has 0 aliphatic rings. The Bertz CT molecular complexity index is 92.7. The van der Waals surface area contributed by atoms with Crippen LogP contribution >= 0.6 is 0 Å². The monoisotopic (exact) mass is 125 g/mol. The van der Waals surface area contributed by atoms with Crippen molar-refractivity contribution in [2.45, 2.75) is 19.9 Å². The average molecular weight is 125 g/mol. The van der Waals surface area contributed by atoms with Gasteiger partial charge in [-0.05, 0) is 0 Å². The van der Waals surface area contributed by atoms with E-state index in [1.54, 1.807) is 6.08 Å². The fraction of sp³-hybridized carbons (Fsp3) is 0.500. The lowest BCUT2D eigenvalue weighted by Gasteiger charge is -2.02. The van der Waals surface area contributed by atoms with Crippen LogP contribution in [0, 0.1) is 0 Å². The normalized spacial score (nSPS) is 11.0. The Morgan fingerprint density at radius 1 is 1.56 bits per heavy atom. The van der Waals surface area contributed by atoms with Crippen LogP contribution in [-0.2, 0) is 0 Å². The largest absolute Gasteiger partial charge is 0.311 e. The molecule has 0 aliphatic heterocycles. The SMILES string of the molecule is C=C/C=C/CNC(C)C. The molecule has 1 nitrogen and oxygen atoms in total. The molecule has 0 saturated carbocycles. The van der Waals surface area contributed by atoms with Gasteiger partial charge < -0.3 is 5.32 Å². The first-order chi connectivity index (χ1) is 4.27. The van der Waals surface area contributed by atoms with E-state index in [4.69, 9.17) is 0 Å². The highest BCUT2D eigenvalue weighted by atomic mass is 14.9. The highest BCUT2D eigenvalue weighted by molar-refractivity contribution is 4.98. The maximum atomic E-state index is 3.56. The van der Waals surface area contributed by atoms with E-state index in [2.05, 4.69) is 25.7 Å². The molecule has 0 aliphatic carbocycles. The van der Waals surface area contributed by atoms with Crippen molar-refractivity contribution >= 4 is 0 Å². The molecule has 0 radical (unpaired) electrons. The lowest BCUT2D eigenvalue weighted by atomic mass is 10.4. The van der Waals surface area contributed by atoms with Gasteiger partial charge in [-0.25, -0.2) is 0 Å². The standard InChI is InChI=1S/C8H15N/c1-4-5-6-7-9-8(2)3/h4-6,8-9H,1,7H2,2-3H3/b6-5+. The van der Waals surface area contributed by atoms with Crippen LogP contribution in [0.3, 0.4) is 0 Å². The molecule has 1 heteroatoms. The molecular formula is C8H15N. The van der Waals surface area contributed by atoms with Gasteiger partial charge in [-0.3, -0.25) is 0 Å². The van der Waals surface area contributed by atoms with E-state index in [1.165, 1.54) is 0 Å². The van der Waals surface area contributed by atoms with Crippen LogP contribution in [0.5, 0.6) is 0 Å². The summed E-state index contributed by atoms with van der Waals surface area (Å²) in [6.07, 6.45) is 5.77. The third-order valence-electron chi connectivity index (χ3n) is 0.916. The molecular weight excluding hydrogens is 110 g/mol. The van der Waals surface area contributed by atoms with Crippen LogP contribution in [0.1, 0.15) is 13.8 Å². The molecule has 0 fully saturated rings.